The summed E-state index contributed by atoms with van der Waals surface area (Å²) < 4.78 is 0. The van der Waals surface area contributed by atoms with Crippen molar-refractivity contribution >= 4 is 0 Å². The molecule has 2 heteroatoms. The molecule has 0 bridgehead atoms. The molecule has 0 aliphatic heterocycles. The zero-order valence-corrected chi connectivity index (χ0v) is 13.1. The molecule has 1 fully saturated rings. The zero-order chi connectivity index (χ0) is 13.8. The minimum absolute atomic E-state index is 0.405. The van der Waals surface area contributed by atoms with Crippen molar-refractivity contribution in [2.24, 2.45) is 0 Å². The second-order valence-corrected chi connectivity index (χ2v) is 6.44. The Kier molecular flexibility index (Phi) is 9.54. The van der Waals surface area contributed by atoms with Crippen LogP contribution < -0.4 is 5.32 Å². The molecule has 1 aliphatic carbocycles. The van der Waals surface area contributed by atoms with Gasteiger partial charge >= 0.3 is 0 Å². The second kappa shape index (κ2) is 10.7. The summed E-state index contributed by atoms with van der Waals surface area (Å²) >= 11 is 0. The van der Waals surface area contributed by atoms with E-state index < -0.39 is 5.60 Å². The molecule has 1 aliphatic rings. The predicted molar refractivity (Wildman–Crippen MR) is 83.5 cm³/mol. The first-order valence-electron chi connectivity index (χ1n) is 8.70. The molecule has 0 heterocycles. The van der Waals surface area contributed by atoms with Gasteiger partial charge in [-0.3, -0.25) is 0 Å². The van der Waals surface area contributed by atoms with Gasteiger partial charge in [0.15, 0.2) is 0 Å². The minimum Gasteiger partial charge on any atom is -0.389 e. The molecule has 19 heavy (non-hydrogen) atoms. The lowest BCUT2D eigenvalue weighted by atomic mass is 9.94. The lowest BCUT2D eigenvalue weighted by molar-refractivity contribution is 0.0254. The van der Waals surface area contributed by atoms with E-state index in [1.807, 2.05) is 0 Å². The van der Waals surface area contributed by atoms with E-state index in [0.29, 0.717) is 0 Å². The molecule has 1 rings (SSSR count). The van der Waals surface area contributed by atoms with Gasteiger partial charge in [0.1, 0.15) is 0 Å². The Morgan fingerprint density at radius 2 is 1.42 bits per heavy atom. The highest BCUT2D eigenvalue weighted by Gasteiger charge is 2.26. The van der Waals surface area contributed by atoms with Crippen LogP contribution in [0.4, 0.5) is 0 Å². The smallest absolute Gasteiger partial charge is 0.0771 e. The Labute approximate surface area is 120 Å². The summed E-state index contributed by atoms with van der Waals surface area (Å²) in [5, 5.41) is 14.0. The van der Waals surface area contributed by atoms with Gasteiger partial charge in [-0.2, -0.15) is 0 Å². The number of hydrogen-bond donors (Lipinski definition) is 2. The molecule has 2 nitrogen and oxygen atoms in total. The van der Waals surface area contributed by atoms with E-state index in [4.69, 9.17) is 0 Å². The van der Waals surface area contributed by atoms with Gasteiger partial charge in [0.05, 0.1) is 5.60 Å². The van der Waals surface area contributed by atoms with E-state index in [1.54, 1.807) is 0 Å². The van der Waals surface area contributed by atoms with Crippen LogP contribution in [-0.2, 0) is 0 Å². The molecule has 0 saturated heterocycles. The fourth-order valence-corrected chi connectivity index (χ4v) is 3.09. The van der Waals surface area contributed by atoms with Crippen LogP contribution in [0.1, 0.15) is 90.4 Å². The third kappa shape index (κ3) is 8.65. The van der Waals surface area contributed by atoms with Gasteiger partial charge in [-0.15, -0.1) is 0 Å². The third-order valence-electron chi connectivity index (χ3n) is 4.45. The highest BCUT2D eigenvalue weighted by atomic mass is 16.3. The largest absolute Gasteiger partial charge is 0.389 e. The molecule has 0 unspecified atom stereocenters. The molecule has 0 aromatic carbocycles. The molecular weight excluding hydrogens is 234 g/mol. The van der Waals surface area contributed by atoms with E-state index in [0.717, 1.165) is 25.9 Å². The van der Waals surface area contributed by atoms with Gasteiger partial charge in [-0.05, 0) is 25.8 Å². The summed E-state index contributed by atoms with van der Waals surface area (Å²) in [6.07, 6.45) is 16.5. The Morgan fingerprint density at radius 1 is 0.842 bits per heavy atom. The van der Waals surface area contributed by atoms with Gasteiger partial charge in [0.2, 0.25) is 0 Å². The fraction of sp³-hybridized carbons (Fsp3) is 1.00. The summed E-state index contributed by atoms with van der Waals surface area (Å²) in [4.78, 5) is 0. The third-order valence-corrected chi connectivity index (χ3v) is 4.45. The van der Waals surface area contributed by atoms with E-state index in [-0.39, 0.29) is 0 Å². The predicted octanol–water partition coefficient (Wildman–Crippen LogP) is 4.41. The van der Waals surface area contributed by atoms with Crippen LogP contribution in [0.3, 0.4) is 0 Å². The van der Waals surface area contributed by atoms with Gasteiger partial charge in [-0.25, -0.2) is 0 Å². The second-order valence-electron chi connectivity index (χ2n) is 6.44. The summed E-state index contributed by atoms with van der Waals surface area (Å²) in [7, 11) is 0. The normalized spacial score (nSPS) is 19.3. The molecule has 1 saturated carbocycles. The van der Waals surface area contributed by atoms with Crippen LogP contribution >= 0.6 is 0 Å². The van der Waals surface area contributed by atoms with Crippen LogP contribution in [-0.4, -0.2) is 23.8 Å². The van der Waals surface area contributed by atoms with Gasteiger partial charge < -0.3 is 10.4 Å². The minimum atomic E-state index is -0.405. The van der Waals surface area contributed by atoms with Crippen molar-refractivity contribution in [3.8, 4) is 0 Å². The number of aliphatic hydroxyl groups is 1. The Balaban J connectivity index is 1.92. The molecule has 2 N–H and O–H groups in total. The van der Waals surface area contributed by atoms with Crippen molar-refractivity contribution in [3.05, 3.63) is 0 Å². The molecular formula is C17H35NO. The first kappa shape index (κ1) is 17.0. The van der Waals surface area contributed by atoms with Crippen molar-refractivity contribution in [3.63, 3.8) is 0 Å². The van der Waals surface area contributed by atoms with E-state index in [2.05, 4.69) is 12.2 Å². The van der Waals surface area contributed by atoms with Crippen LogP contribution in [0.15, 0.2) is 0 Å². The lowest BCUT2D eigenvalue weighted by Crippen LogP contribution is -2.40. The van der Waals surface area contributed by atoms with Crippen molar-refractivity contribution in [2.75, 3.05) is 13.1 Å². The number of unbranched alkanes of at least 4 members (excludes halogenated alkanes) is 6. The van der Waals surface area contributed by atoms with E-state index >= 15 is 0 Å². The van der Waals surface area contributed by atoms with Gasteiger partial charge in [-0.1, -0.05) is 71.1 Å². The molecule has 114 valence electrons. The first-order valence-corrected chi connectivity index (χ1v) is 8.70. The van der Waals surface area contributed by atoms with Crippen LogP contribution in [0.25, 0.3) is 0 Å². The molecule has 0 spiro atoms. The molecule has 0 aromatic heterocycles. The highest BCUT2D eigenvalue weighted by molar-refractivity contribution is 4.83. The van der Waals surface area contributed by atoms with Crippen LogP contribution in [0.5, 0.6) is 0 Å². The molecule has 0 amide bonds. The van der Waals surface area contributed by atoms with Crippen molar-refractivity contribution in [1.29, 1.82) is 0 Å². The van der Waals surface area contributed by atoms with E-state index in [9.17, 15) is 5.11 Å². The zero-order valence-electron chi connectivity index (χ0n) is 13.1. The maximum absolute atomic E-state index is 10.5. The number of rotatable bonds is 10. The van der Waals surface area contributed by atoms with Crippen molar-refractivity contribution in [2.45, 2.75) is 96.0 Å². The number of hydrogen-bond acceptors (Lipinski definition) is 2. The summed E-state index contributed by atoms with van der Waals surface area (Å²) in [6.45, 7) is 4.15. The van der Waals surface area contributed by atoms with E-state index in [1.165, 1.54) is 70.6 Å². The first-order chi connectivity index (χ1) is 9.27. The maximum Gasteiger partial charge on any atom is 0.0771 e. The standard InChI is InChI=1S/C17H35NO/c1-2-3-4-5-6-9-12-15-18-16-17(19)13-10-7-8-11-14-17/h18-19H,2-16H2,1H3. The Bertz CT molecular complexity index is 197. The monoisotopic (exact) mass is 269 g/mol. The lowest BCUT2D eigenvalue weighted by Gasteiger charge is -2.27. The summed E-state index contributed by atoms with van der Waals surface area (Å²) in [5.41, 5.74) is -0.405. The van der Waals surface area contributed by atoms with Crippen molar-refractivity contribution < 1.29 is 5.11 Å². The quantitative estimate of drug-likeness (QED) is 0.455. The maximum atomic E-state index is 10.5. The molecule has 0 atom stereocenters. The summed E-state index contributed by atoms with van der Waals surface area (Å²) in [6, 6.07) is 0. The van der Waals surface area contributed by atoms with Gasteiger partial charge in [0, 0.05) is 6.54 Å². The average Bonchev–Trinajstić information content (AvgIpc) is 2.62. The van der Waals surface area contributed by atoms with Crippen LogP contribution in [0, 0.1) is 0 Å². The molecule has 0 radical (unpaired) electrons. The topological polar surface area (TPSA) is 32.3 Å². The SMILES string of the molecule is CCCCCCCCCNCC1(O)CCCCCC1. The van der Waals surface area contributed by atoms with Crippen LogP contribution in [0.2, 0.25) is 0 Å². The highest BCUT2D eigenvalue weighted by Crippen LogP contribution is 2.26. The van der Waals surface area contributed by atoms with Gasteiger partial charge in [0.25, 0.3) is 0 Å². The van der Waals surface area contributed by atoms with Crippen molar-refractivity contribution in [1.82, 2.24) is 5.32 Å². The molecule has 0 aromatic rings. The Hall–Kier alpha value is -0.0800. The Morgan fingerprint density at radius 3 is 2.05 bits per heavy atom. The number of nitrogens with one attached hydrogen (secondary N) is 1. The average molecular weight is 269 g/mol. The fourth-order valence-electron chi connectivity index (χ4n) is 3.09. The summed E-state index contributed by atoms with van der Waals surface area (Å²) in [5.74, 6) is 0.